The number of ether oxygens (including phenoxy) is 1. The van der Waals surface area contributed by atoms with Crippen LogP contribution in [0.1, 0.15) is 31.0 Å². The van der Waals surface area contributed by atoms with E-state index in [1.807, 2.05) is 19.1 Å². The molecular weight excluding hydrogens is 378 g/mol. The van der Waals surface area contributed by atoms with Gasteiger partial charge in [-0.15, -0.1) is 0 Å². The standard InChI is InChI=1S/C21H24ClN3O3/c1-14-11-25(12-14)20(26)23-15(2)17-5-9-19(10-6-17)24-21(27)28-13-16-3-7-18(22)8-4-16/h3-10,14-15H,11-13H2,1-2H3,(H,23,26)(H,24,27). The predicted octanol–water partition coefficient (Wildman–Crippen LogP) is 4.81. The third-order valence-corrected chi connectivity index (χ3v) is 4.88. The van der Waals surface area contributed by atoms with Gasteiger partial charge in [0.1, 0.15) is 6.61 Å². The Kier molecular flexibility index (Phi) is 6.41. The highest BCUT2D eigenvalue weighted by atomic mass is 35.5. The smallest absolute Gasteiger partial charge is 0.411 e. The number of urea groups is 1. The molecule has 1 aliphatic heterocycles. The van der Waals surface area contributed by atoms with Crippen LogP contribution in [-0.4, -0.2) is 30.1 Å². The summed E-state index contributed by atoms with van der Waals surface area (Å²) in [5.74, 6) is 0.575. The zero-order valence-electron chi connectivity index (χ0n) is 15.9. The van der Waals surface area contributed by atoms with E-state index in [1.54, 1.807) is 41.3 Å². The molecule has 0 spiro atoms. The number of hydrogen-bond acceptors (Lipinski definition) is 3. The molecule has 0 bridgehead atoms. The largest absolute Gasteiger partial charge is 0.444 e. The minimum atomic E-state index is -0.532. The molecule has 2 N–H and O–H groups in total. The Morgan fingerprint density at radius 1 is 1.14 bits per heavy atom. The molecule has 7 heteroatoms. The molecule has 1 atom stereocenters. The van der Waals surface area contributed by atoms with Crippen LogP contribution in [0.2, 0.25) is 5.02 Å². The molecule has 28 heavy (non-hydrogen) atoms. The Hall–Kier alpha value is -2.73. The molecule has 3 rings (SSSR count). The molecule has 148 valence electrons. The van der Waals surface area contributed by atoms with Crippen molar-refractivity contribution < 1.29 is 14.3 Å². The van der Waals surface area contributed by atoms with Crippen LogP contribution in [0, 0.1) is 5.92 Å². The number of carbonyl (C=O) groups excluding carboxylic acids is 2. The zero-order chi connectivity index (χ0) is 20.1. The van der Waals surface area contributed by atoms with Gasteiger partial charge in [-0.05, 0) is 48.2 Å². The summed E-state index contributed by atoms with van der Waals surface area (Å²) in [6.07, 6.45) is -0.532. The summed E-state index contributed by atoms with van der Waals surface area (Å²) in [5, 5.41) is 6.31. The van der Waals surface area contributed by atoms with Crippen LogP contribution in [0.5, 0.6) is 0 Å². The van der Waals surface area contributed by atoms with Crippen LogP contribution >= 0.6 is 11.6 Å². The fraction of sp³-hybridized carbons (Fsp3) is 0.333. The zero-order valence-corrected chi connectivity index (χ0v) is 16.7. The summed E-state index contributed by atoms with van der Waals surface area (Å²) in [4.78, 5) is 25.8. The number of amides is 3. The summed E-state index contributed by atoms with van der Waals surface area (Å²) in [6, 6.07) is 14.3. The molecule has 2 aromatic carbocycles. The minimum absolute atomic E-state index is 0.0430. The van der Waals surface area contributed by atoms with Crippen molar-refractivity contribution in [2.75, 3.05) is 18.4 Å². The first kappa shape index (κ1) is 20.0. The third-order valence-electron chi connectivity index (χ3n) is 4.63. The maximum Gasteiger partial charge on any atom is 0.411 e. The van der Waals surface area contributed by atoms with Gasteiger partial charge in [0.25, 0.3) is 0 Å². The van der Waals surface area contributed by atoms with Crippen LogP contribution in [0.25, 0.3) is 0 Å². The molecule has 0 saturated carbocycles. The van der Waals surface area contributed by atoms with E-state index < -0.39 is 6.09 Å². The van der Waals surface area contributed by atoms with Gasteiger partial charge in [0, 0.05) is 23.8 Å². The fourth-order valence-corrected chi connectivity index (χ4v) is 3.09. The number of likely N-dealkylation sites (tertiary alicyclic amines) is 1. The van der Waals surface area contributed by atoms with Gasteiger partial charge in [-0.3, -0.25) is 5.32 Å². The molecule has 1 aliphatic rings. The van der Waals surface area contributed by atoms with Gasteiger partial charge in [0.2, 0.25) is 0 Å². The van der Waals surface area contributed by atoms with Crippen molar-refractivity contribution in [1.82, 2.24) is 10.2 Å². The lowest BCUT2D eigenvalue weighted by atomic mass is 10.0. The average molecular weight is 402 g/mol. The van der Waals surface area contributed by atoms with Crippen molar-refractivity contribution in [2.45, 2.75) is 26.5 Å². The molecule has 1 heterocycles. The SMILES string of the molecule is CC1CN(C(=O)NC(C)c2ccc(NC(=O)OCc3ccc(Cl)cc3)cc2)C1. The van der Waals surface area contributed by atoms with Gasteiger partial charge in [-0.25, -0.2) is 9.59 Å². The molecule has 1 fully saturated rings. The molecule has 1 saturated heterocycles. The molecular formula is C21H24ClN3O3. The second-order valence-electron chi connectivity index (χ2n) is 7.13. The molecule has 3 amide bonds. The van der Waals surface area contributed by atoms with E-state index in [4.69, 9.17) is 16.3 Å². The number of halogens is 1. The van der Waals surface area contributed by atoms with Crippen molar-refractivity contribution in [2.24, 2.45) is 5.92 Å². The number of nitrogens with one attached hydrogen (secondary N) is 2. The van der Waals surface area contributed by atoms with E-state index in [9.17, 15) is 9.59 Å². The average Bonchev–Trinajstić information content (AvgIpc) is 2.65. The first-order valence-corrected chi connectivity index (χ1v) is 9.62. The molecule has 2 aromatic rings. The lowest BCUT2D eigenvalue weighted by Crippen LogP contribution is -2.53. The number of carbonyl (C=O) groups is 2. The Morgan fingerprint density at radius 2 is 1.79 bits per heavy atom. The van der Waals surface area contributed by atoms with E-state index in [2.05, 4.69) is 17.6 Å². The van der Waals surface area contributed by atoms with Gasteiger partial charge in [-0.2, -0.15) is 0 Å². The number of hydrogen-bond donors (Lipinski definition) is 2. The number of benzene rings is 2. The van der Waals surface area contributed by atoms with E-state index >= 15 is 0 Å². The lowest BCUT2D eigenvalue weighted by Gasteiger charge is -2.37. The van der Waals surface area contributed by atoms with Crippen LogP contribution in [0.4, 0.5) is 15.3 Å². The van der Waals surface area contributed by atoms with Crippen LogP contribution in [0.15, 0.2) is 48.5 Å². The Balaban J connectivity index is 1.46. The summed E-state index contributed by atoms with van der Waals surface area (Å²) >= 11 is 5.83. The Morgan fingerprint density at radius 3 is 2.39 bits per heavy atom. The first-order valence-electron chi connectivity index (χ1n) is 9.24. The van der Waals surface area contributed by atoms with Gasteiger partial charge < -0.3 is 15.0 Å². The Labute approximate surface area is 169 Å². The summed E-state index contributed by atoms with van der Waals surface area (Å²) in [5.41, 5.74) is 2.44. The van der Waals surface area contributed by atoms with E-state index in [1.165, 1.54) is 0 Å². The van der Waals surface area contributed by atoms with E-state index in [-0.39, 0.29) is 18.7 Å². The second kappa shape index (κ2) is 8.97. The quantitative estimate of drug-likeness (QED) is 0.755. The van der Waals surface area contributed by atoms with E-state index in [0.717, 1.165) is 24.2 Å². The van der Waals surface area contributed by atoms with Crippen molar-refractivity contribution in [3.8, 4) is 0 Å². The number of rotatable bonds is 5. The number of nitrogens with zero attached hydrogens (tertiary/aromatic N) is 1. The monoisotopic (exact) mass is 401 g/mol. The highest BCUT2D eigenvalue weighted by molar-refractivity contribution is 6.30. The van der Waals surface area contributed by atoms with Crippen LogP contribution in [0.3, 0.4) is 0 Å². The van der Waals surface area contributed by atoms with Gasteiger partial charge >= 0.3 is 12.1 Å². The predicted molar refractivity (Wildman–Crippen MR) is 109 cm³/mol. The first-order chi connectivity index (χ1) is 13.4. The molecule has 6 nitrogen and oxygen atoms in total. The summed E-state index contributed by atoms with van der Waals surface area (Å²) < 4.78 is 5.20. The molecule has 1 unspecified atom stereocenters. The topological polar surface area (TPSA) is 70.7 Å². The second-order valence-corrected chi connectivity index (χ2v) is 7.57. The van der Waals surface area contributed by atoms with Gasteiger partial charge in [0.15, 0.2) is 0 Å². The third kappa shape index (κ3) is 5.39. The number of anilines is 1. The summed E-state index contributed by atoms with van der Waals surface area (Å²) in [6.45, 7) is 5.84. The van der Waals surface area contributed by atoms with E-state index in [0.29, 0.717) is 16.6 Å². The molecule has 0 aliphatic carbocycles. The Bertz CT molecular complexity index is 818. The highest BCUT2D eigenvalue weighted by Gasteiger charge is 2.27. The normalized spacial score (nSPS) is 14.8. The van der Waals surface area contributed by atoms with Crippen molar-refractivity contribution >= 4 is 29.4 Å². The van der Waals surface area contributed by atoms with Gasteiger partial charge in [0.05, 0.1) is 6.04 Å². The van der Waals surface area contributed by atoms with Crippen LogP contribution in [-0.2, 0) is 11.3 Å². The maximum absolute atomic E-state index is 12.1. The van der Waals surface area contributed by atoms with Crippen molar-refractivity contribution in [3.63, 3.8) is 0 Å². The molecule has 0 radical (unpaired) electrons. The highest BCUT2D eigenvalue weighted by Crippen LogP contribution is 2.19. The van der Waals surface area contributed by atoms with Gasteiger partial charge in [-0.1, -0.05) is 42.8 Å². The fourth-order valence-electron chi connectivity index (χ4n) is 2.96. The molecule has 0 aromatic heterocycles. The minimum Gasteiger partial charge on any atom is -0.444 e. The lowest BCUT2D eigenvalue weighted by molar-refractivity contribution is 0.127. The van der Waals surface area contributed by atoms with Crippen LogP contribution < -0.4 is 10.6 Å². The maximum atomic E-state index is 12.1. The van der Waals surface area contributed by atoms with Crippen molar-refractivity contribution in [3.05, 3.63) is 64.7 Å². The van der Waals surface area contributed by atoms with Crippen molar-refractivity contribution in [1.29, 1.82) is 0 Å². The summed E-state index contributed by atoms with van der Waals surface area (Å²) in [7, 11) is 0.